The smallest absolute Gasteiger partial charge is 0.457 e. The van der Waals surface area contributed by atoms with Crippen LogP contribution in [0, 0.1) is 0 Å². The quantitative estimate of drug-likeness (QED) is 0.202. The number of hydrogen-bond donors (Lipinski definition) is 0. The van der Waals surface area contributed by atoms with Gasteiger partial charge in [0.1, 0.15) is 0 Å². The molecule has 0 heterocycles. The molecule has 0 bridgehead atoms. The van der Waals surface area contributed by atoms with E-state index in [1.54, 1.807) is 0 Å². The zero-order valence-electron chi connectivity index (χ0n) is 5.97. The maximum absolute atomic E-state index is 10.7. The number of hydrogen-bond acceptors (Lipinski definition) is 4. The highest BCUT2D eigenvalue weighted by molar-refractivity contribution is 7.62. The van der Waals surface area contributed by atoms with E-state index in [4.69, 9.17) is 5.53 Å². The van der Waals surface area contributed by atoms with Gasteiger partial charge in [-0.15, -0.1) is 9.31 Å². The maximum atomic E-state index is 10.7. The average Bonchev–Trinajstić information content (AvgIpc) is 2.05. The van der Waals surface area contributed by atoms with Gasteiger partial charge in [0, 0.05) is 0 Å². The first kappa shape index (κ1) is 9.91. The van der Waals surface area contributed by atoms with E-state index < -0.39 is 19.5 Å². The molecule has 0 aromatic rings. The summed E-state index contributed by atoms with van der Waals surface area (Å²) in [6, 6.07) is 0. The number of esters is 1. The predicted molar refractivity (Wildman–Crippen MR) is 35.3 cm³/mol. The molecule has 0 radical (unpaired) electrons. The molecular weight excluding hydrogens is 171 g/mol. The SMILES string of the molecule is COC(=O)C(=[N+]=[N-])[P+](=O)OC. The summed E-state index contributed by atoms with van der Waals surface area (Å²) in [6.07, 6.45) is 0. The second-order valence-corrected chi connectivity index (χ2v) is 2.66. The normalized spacial score (nSPS) is 9.82. The second-order valence-electron chi connectivity index (χ2n) is 1.35. The van der Waals surface area contributed by atoms with Crippen LogP contribution in [0.3, 0.4) is 0 Å². The first-order chi connectivity index (χ1) is 5.17. The van der Waals surface area contributed by atoms with Gasteiger partial charge in [-0.3, -0.25) is 0 Å². The van der Waals surface area contributed by atoms with Crippen molar-refractivity contribution in [3.8, 4) is 0 Å². The molecule has 6 nitrogen and oxygen atoms in total. The van der Waals surface area contributed by atoms with Crippen LogP contribution in [-0.2, 0) is 18.6 Å². The molecule has 0 aliphatic carbocycles. The molecule has 0 fully saturated rings. The molecule has 0 aromatic carbocycles. The van der Waals surface area contributed by atoms with Crippen LogP contribution in [0.4, 0.5) is 0 Å². The fourth-order valence-electron chi connectivity index (χ4n) is 0.330. The molecule has 1 unspecified atom stereocenters. The molecular formula is C4H6N2O4P+. The lowest BCUT2D eigenvalue weighted by atomic mass is 10.7. The summed E-state index contributed by atoms with van der Waals surface area (Å²) in [5, 5.41) is 0. The Bertz CT molecular complexity index is 214. The summed E-state index contributed by atoms with van der Waals surface area (Å²) in [5.74, 6) is -0.976. The van der Waals surface area contributed by atoms with E-state index in [2.05, 4.69) is 14.1 Å². The molecule has 0 saturated carbocycles. The number of nitrogens with zero attached hydrogens (tertiary/aromatic N) is 2. The zero-order valence-corrected chi connectivity index (χ0v) is 6.87. The van der Waals surface area contributed by atoms with Gasteiger partial charge in [-0.2, -0.15) is 0 Å². The maximum Gasteiger partial charge on any atom is 0.646 e. The van der Waals surface area contributed by atoms with Gasteiger partial charge in [-0.05, 0) is 4.57 Å². The Morgan fingerprint density at radius 2 is 2.09 bits per heavy atom. The van der Waals surface area contributed by atoms with Crippen molar-refractivity contribution in [1.82, 2.24) is 0 Å². The summed E-state index contributed by atoms with van der Waals surface area (Å²) in [4.78, 5) is 13.0. The molecule has 0 rings (SSSR count). The van der Waals surface area contributed by atoms with Crippen molar-refractivity contribution in [2.75, 3.05) is 14.2 Å². The van der Waals surface area contributed by atoms with E-state index in [9.17, 15) is 9.36 Å². The monoisotopic (exact) mass is 177 g/mol. The predicted octanol–water partition coefficient (Wildman–Crippen LogP) is 0.176. The van der Waals surface area contributed by atoms with Crippen molar-refractivity contribution in [2.45, 2.75) is 0 Å². The van der Waals surface area contributed by atoms with Crippen LogP contribution < -0.4 is 0 Å². The molecule has 7 heteroatoms. The number of ether oxygens (including phenoxy) is 1. The van der Waals surface area contributed by atoms with Crippen LogP contribution in [0.15, 0.2) is 0 Å². The molecule has 0 aliphatic heterocycles. The lowest BCUT2D eigenvalue weighted by molar-refractivity contribution is -0.136. The van der Waals surface area contributed by atoms with Crippen molar-refractivity contribution in [3.63, 3.8) is 0 Å². The topological polar surface area (TPSA) is 89.0 Å². The van der Waals surface area contributed by atoms with E-state index in [0.29, 0.717) is 0 Å². The summed E-state index contributed by atoms with van der Waals surface area (Å²) in [7, 11) is -0.218. The fourth-order valence-corrected chi connectivity index (χ4v) is 0.816. The molecule has 0 N–H and O–H groups in total. The third kappa shape index (κ3) is 2.55. The Morgan fingerprint density at radius 3 is 2.36 bits per heavy atom. The Labute approximate surface area is 63.6 Å². The summed E-state index contributed by atoms with van der Waals surface area (Å²) >= 11 is 0. The highest BCUT2D eigenvalue weighted by atomic mass is 31.1. The Morgan fingerprint density at radius 1 is 1.55 bits per heavy atom. The van der Waals surface area contributed by atoms with Crippen LogP contribution in [0.5, 0.6) is 0 Å². The van der Waals surface area contributed by atoms with E-state index in [1.807, 2.05) is 0 Å². The summed E-state index contributed by atoms with van der Waals surface area (Å²) in [5.41, 5.74) is 7.52. The first-order valence-electron chi connectivity index (χ1n) is 2.49. The summed E-state index contributed by atoms with van der Waals surface area (Å²) < 4.78 is 19.1. The highest BCUT2D eigenvalue weighted by Crippen LogP contribution is 2.21. The zero-order chi connectivity index (χ0) is 8.85. The molecule has 0 spiro atoms. The van der Waals surface area contributed by atoms with Crippen molar-refractivity contribution in [2.24, 2.45) is 0 Å². The molecule has 60 valence electrons. The molecule has 1 atom stereocenters. The van der Waals surface area contributed by atoms with Crippen LogP contribution in [0.2, 0.25) is 0 Å². The number of carbonyl (C=O) groups excluding carboxylic acids is 1. The lowest BCUT2D eigenvalue weighted by Gasteiger charge is -1.81. The fraction of sp³-hybridized carbons (Fsp3) is 0.500. The van der Waals surface area contributed by atoms with Gasteiger partial charge in [-0.25, -0.2) is 4.79 Å². The standard InChI is InChI=1S/C4H6N2O4P/c1-9-4(7)3(6-5)11(8)10-2/h1-2H3/q+1. The van der Waals surface area contributed by atoms with Gasteiger partial charge in [-0.1, -0.05) is 0 Å². The second kappa shape index (κ2) is 4.68. The minimum absolute atomic E-state index is 0.634. The van der Waals surface area contributed by atoms with Crippen molar-refractivity contribution in [3.05, 3.63) is 5.53 Å². The van der Waals surface area contributed by atoms with Crippen molar-refractivity contribution < 1.29 is 23.4 Å². The van der Waals surface area contributed by atoms with E-state index in [-0.39, 0.29) is 0 Å². The number of rotatable bonds is 3. The Hall–Kier alpha value is -1.09. The third-order valence-electron chi connectivity index (χ3n) is 0.801. The highest BCUT2D eigenvalue weighted by Gasteiger charge is 2.45. The molecule has 0 amide bonds. The first-order valence-corrected chi connectivity index (χ1v) is 3.66. The van der Waals surface area contributed by atoms with E-state index in [0.717, 1.165) is 14.2 Å². The minimum Gasteiger partial charge on any atom is -0.457 e. The van der Waals surface area contributed by atoms with E-state index >= 15 is 0 Å². The van der Waals surface area contributed by atoms with Gasteiger partial charge in [0.05, 0.1) is 14.2 Å². The number of methoxy groups -OCH3 is 1. The average molecular weight is 177 g/mol. The molecule has 11 heavy (non-hydrogen) atoms. The van der Waals surface area contributed by atoms with Crippen LogP contribution in [0.25, 0.3) is 5.53 Å². The Balaban J connectivity index is 4.57. The number of carbonyl (C=O) groups is 1. The molecule has 0 aliphatic rings. The van der Waals surface area contributed by atoms with Gasteiger partial charge in [0.15, 0.2) is 0 Å². The largest absolute Gasteiger partial charge is 0.646 e. The van der Waals surface area contributed by atoms with E-state index in [1.165, 1.54) is 0 Å². The summed E-state index contributed by atoms with van der Waals surface area (Å²) in [6.45, 7) is 0. The van der Waals surface area contributed by atoms with Gasteiger partial charge >= 0.3 is 19.5 Å². The lowest BCUT2D eigenvalue weighted by Crippen LogP contribution is -2.13. The molecule has 0 aromatic heterocycles. The van der Waals surface area contributed by atoms with Crippen molar-refractivity contribution in [1.29, 1.82) is 0 Å². The van der Waals surface area contributed by atoms with Crippen LogP contribution in [-0.4, -0.2) is 30.4 Å². The minimum atomic E-state index is -2.41. The van der Waals surface area contributed by atoms with Gasteiger partial charge in [0.2, 0.25) is 0 Å². The Kier molecular flexibility index (Phi) is 4.22. The van der Waals surface area contributed by atoms with Crippen LogP contribution >= 0.6 is 8.03 Å². The van der Waals surface area contributed by atoms with Crippen LogP contribution in [0.1, 0.15) is 0 Å². The van der Waals surface area contributed by atoms with Crippen molar-refractivity contribution >= 4 is 19.5 Å². The third-order valence-corrected chi connectivity index (χ3v) is 1.75. The van der Waals surface area contributed by atoms with Gasteiger partial charge < -0.3 is 10.3 Å². The molecule has 0 saturated heterocycles. The van der Waals surface area contributed by atoms with Gasteiger partial charge in [0.25, 0.3) is 0 Å².